The molecule has 0 unspecified atom stereocenters. The summed E-state index contributed by atoms with van der Waals surface area (Å²) in [7, 11) is 0. The molecule has 0 aliphatic rings. The van der Waals surface area contributed by atoms with Gasteiger partial charge in [-0.2, -0.15) is 0 Å². The minimum absolute atomic E-state index is 0.726. The van der Waals surface area contributed by atoms with Gasteiger partial charge in [-0.1, -0.05) is 0 Å². The third-order valence-electron chi connectivity index (χ3n) is 1.37. The van der Waals surface area contributed by atoms with Crippen molar-refractivity contribution < 1.29 is 0 Å². The predicted molar refractivity (Wildman–Crippen MR) is 44.1 cm³/mol. The van der Waals surface area contributed by atoms with Crippen molar-refractivity contribution in [1.82, 2.24) is 4.98 Å². The van der Waals surface area contributed by atoms with E-state index in [0.717, 1.165) is 12.3 Å². The molecule has 0 fully saturated rings. The molecule has 52 valence electrons. The Hall–Kier alpha value is -0.655. The second-order valence-corrected chi connectivity index (χ2v) is 2.96. The van der Waals surface area contributed by atoms with Crippen LogP contribution in [0.3, 0.4) is 0 Å². The standard InChI is InChI=1S/C8H12BN/c1-7(2)5-8-6-10-4-3-9-8/h3-4,6-7H,5H2,1-2H3. The molecular weight excluding hydrogens is 121 g/mol. The van der Waals surface area contributed by atoms with Gasteiger partial charge in [-0.3, -0.25) is 0 Å². The average molecular weight is 133 g/mol. The molecule has 1 aromatic rings. The van der Waals surface area contributed by atoms with E-state index in [2.05, 4.69) is 25.7 Å². The first-order valence-corrected chi connectivity index (χ1v) is 3.68. The van der Waals surface area contributed by atoms with Gasteiger partial charge < -0.3 is 0 Å². The summed E-state index contributed by atoms with van der Waals surface area (Å²) in [5.41, 5.74) is 1.33. The van der Waals surface area contributed by atoms with Crippen molar-refractivity contribution in [2.45, 2.75) is 20.3 Å². The molecule has 0 aromatic carbocycles. The van der Waals surface area contributed by atoms with E-state index in [-0.39, 0.29) is 0 Å². The fourth-order valence-corrected chi connectivity index (χ4v) is 0.990. The molecule has 1 heterocycles. The maximum atomic E-state index is 4.04. The zero-order valence-corrected chi connectivity index (χ0v) is 6.54. The van der Waals surface area contributed by atoms with E-state index in [1.165, 1.54) is 5.46 Å². The Morgan fingerprint density at radius 3 is 2.90 bits per heavy atom. The minimum atomic E-state index is 0.726. The van der Waals surface area contributed by atoms with Crippen molar-refractivity contribution in [3.63, 3.8) is 0 Å². The van der Waals surface area contributed by atoms with Crippen LogP contribution in [-0.2, 0) is 6.42 Å². The molecule has 1 rings (SSSR count). The third kappa shape index (κ3) is 2.30. The van der Waals surface area contributed by atoms with Gasteiger partial charge in [0.05, 0.1) is 0 Å². The van der Waals surface area contributed by atoms with Crippen molar-refractivity contribution in [1.29, 1.82) is 0 Å². The molecule has 0 N–H and O–H groups in total. The van der Waals surface area contributed by atoms with Gasteiger partial charge in [0.2, 0.25) is 0 Å². The molecule has 1 aromatic heterocycles. The van der Waals surface area contributed by atoms with Crippen LogP contribution in [0.2, 0.25) is 0 Å². The van der Waals surface area contributed by atoms with Gasteiger partial charge in [0.25, 0.3) is 0 Å². The van der Waals surface area contributed by atoms with Crippen molar-refractivity contribution in [3.05, 3.63) is 23.8 Å². The predicted octanol–water partition coefficient (Wildman–Crippen LogP) is 1.62. The Bertz CT molecular complexity index is 184. The monoisotopic (exact) mass is 133 g/mol. The number of hydrogen-bond acceptors (Lipinski definition) is 1. The molecule has 0 amide bonds. The van der Waals surface area contributed by atoms with Crippen LogP contribution in [-0.4, -0.2) is 11.9 Å². The van der Waals surface area contributed by atoms with Gasteiger partial charge in [-0.25, -0.2) is 0 Å². The number of aromatic nitrogens is 1. The average Bonchev–Trinajstić information content (AvgIpc) is 1.88. The van der Waals surface area contributed by atoms with Crippen molar-refractivity contribution in [2.75, 3.05) is 0 Å². The first kappa shape index (κ1) is 7.45. The first-order valence-electron chi connectivity index (χ1n) is 3.68. The van der Waals surface area contributed by atoms with E-state index < -0.39 is 0 Å². The van der Waals surface area contributed by atoms with E-state index in [1.807, 2.05) is 18.4 Å². The number of nitrogens with zero attached hydrogens (tertiary/aromatic N) is 1. The van der Waals surface area contributed by atoms with E-state index in [9.17, 15) is 0 Å². The van der Waals surface area contributed by atoms with Gasteiger partial charge in [-0.05, 0) is 0 Å². The van der Waals surface area contributed by atoms with Gasteiger partial charge in [0, 0.05) is 0 Å². The maximum absolute atomic E-state index is 4.04. The molecule has 0 spiro atoms. The molecule has 0 atom stereocenters. The normalized spacial score (nSPS) is 9.90. The zero-order chi connectivity index (χ0) is 7.40. The van der Waals surface area contributed by atoms with Gasteiger partial charge >= 0.3 is 61.9 Å². The van der Waals surface area contributed by atoms with Crippen molar-refractivity contribution >= 4 is 6.91 Å². The fourth-order valence-electron chi connectivity index (χ4n) is 0.990. The fraction of sp³-hybridized carbons (Fsp3) is 0.500. The van der Waals surface area contributed by atoms with Crippen LogP contribution in [0.1, 0.15) is 19.3 Å². The molecule has 0 aliphatic carbocycles. The van der Waals surface area contributed by atoms with Gasteiger partial charge in [0.15, 0.2) is 0 Å². The molecule has 0 saturated carbocycles. The Kier molecular flexibility index (Phi) is 2.61. The second kappa shape index (κ2) is 3.50. The van der Waals surface area contributed by atoms with Crippen LogP contribution in [0.25, 0.3) is 0 Å². The third-order valence-corrected chi connectivity index (χ3v) is 1.37. The second-order valence-electron chi connectivity index (χ2n) is 2.96. The summed E-state index contributed by atoms with van der Waals surface area (Å²) in [6.07, 6.45) is 4.87. The van der Waals surface area contributed by atoms with E-state index in [4.69, 9.17) is 0 Å². The first-order chi connectivity index (χ1) is 4.79. The van der Waals surface area contributed by atoms with Crippen LogP contribution < -0.4 is 0 Å². The molecule has 0 aliphatic heterocycles. The van der Waals surface area contributed by atoms with Crippen molar-refractivity contribution in [2.24, 2.45) is 5.92 Å². The summed E-state index contributed by atoms with van der Waals surface area (Å²) >= 11 is 0. The topological polar surface area (TPSA) is 12.9 Å². The zero-order valence-electron chi connectivity index (χ0n) is 6.54. The quantitative estimate of drug-likeness (QED) is 0.597. The molecule has 0 saturated heterocycles. The molecule has 0 radical (unpaired) electrons. The van der Waals surface area contributed by atoms with Crippen LogP contribution in [0.5, 0.6) is 0 Å². The van der Waals surface area contributed by atoms with Crippen LogP contribution in [0, 0.1) is 5.92 Å². The van der Waals surface area contributed by atoms with E-state index >= 15 is 0 Å². The molecule has 1 nitrogen and oxygen atoms in total. The summed E-state index contributed by atoms with van der Waals surface area (Å²) in [4.78, 5) is 4.04. The Labute approximate surface area is 62.7 Å². The molecule has 0 bridgehead atoms. The summed E-state index contributed by atoms with van der Waals surface area (Å²) in [6.45, 7) is 6.55. The summed E-state index contributed by atoms with van der Waals surface area (Å²) in [5.74, 6) is 2.71. The SMILES string of the molecule is CC(C)Cc1bccnc1. The molecular formula is C8H12BN. The molecule has 2 heteroatoms. The van der Waals surface area contributed by atoms with E-state index in [0.29, 0.717) is 0 Å². The van der Waals surface area contributed by atoms with E-state index in [1.54, 1.807) is 0 Å². The number of hydrogen-bond donors (Lipinski definition) is 0. The Morgan fingerprint density at radius 1 is 1.60 bits per heavy atom. The summed E-state index contributed by atoms with van der Waals surface area (Å²) in [6, 6.07) is 0. The Balaban J connectivity index is 2.59. The van der Waals surface area contributed by atoms with Crippen LogP contribution >= 0.6 is 0 Å². The summed E-state index contributed by atoms with van der Waals surface area (Å²) < 4.78 is 0. The Morgan fingerprint density at radius 2 is 2.40 bits per heavy atom. The van der Waals surface area contributed by atoms with Crippen molar-refractivity contribution in [3.8, 4) is 0 Å². The molecule has 10 heavy (non-hydrogen) atoms. The number of rotatable bonds is 2. The van der Waals surface area contributed by atoms with Crippen LogP contribution in [0.4, 0.5) is 0 Å². The summed E-state index contributed by atoms with van der Waals surface area (Å²) in [5, 5.41) is 0. The van der Waals surface area contributed by atoms with Gasteiger partial charge in [0.1, 0.15) is 0 Å². The van der Waals surface area contributed by atoms with Gasteiger partial charge in [-0.15, -0.1) is 0 Å². The van der Waals surface area contributed by atoms with Crippen LogP contribution in [0.15, 0.2) is 18.4 Å².